The average molecular weight is 511 g/mol. The van der Waals surface area contributed by atoms with Crippen LogP contribution in [-0.4, -0.2) is 27.7 Å². The molecule has 8 heteroatoms. The molecule has 3 aromatic rings. The summed E-state index contributed by atoms with van der Waals surface area (Å²) < 4.78 is 8.10. The molecule has 0 unspecified atom stereocenters. The Morgan fingerprint density at radius 1 is 1.25 bits per heavy atom. The van der Waals surface area contributed by atoms with Crippen LogP contribution in [0.4, 0.5) is 5.95 Å². The molecule has 0 radical (unpaired) electrons. The van der Waals surface area contributed by atoms with E-state index in [0.29, 0.717) is 17.5 Å². The number of nitrogens with one attached hydrogen (secondary N) is 1. The van der Waals surface area contributed by atoms with E-state index < -0.39 is 0 Å². The van der Waals surface area contributed by atoms with Gasteiger partial charge in [0.1, 0.15) is 11.8 Å². The number of nitrogens with zero attached hydrogens (tertiary/aromatic N) is 3. The summed E-state index contributed by atoms with van der Waals surface area (Å²) in [4.78, 5) is 17.7. The number of rotatable bonds is 5. The Morgan fingerprint density at radius 3 is 2.91 bits per heavy atom. The van der Waals surface area contributed by atoms with E-state index in [1.165, 1.54) is 11.1 Å². The Hall–Kier alpha value is -2.58. The van der Waals surface area contributed by atoms with Crippen molar-refractivity contribution in [3.63, 3.8) is 0 Å². The van der Waals surface area contributed by atoms with Gasteiger partial charge in [0.15, 0.2) is 5.78 Å². The van der Waals surface area contributed by atoms with E-state index >= 15 is 0 Å². The van der Waals surface area contributed by atoms with Gasteiger partial charge in [-0.15, -0.1) is 5.10 Å². The summed E-state index contributed by atoms with van der Waals surface area (Å²) in [6, 6.07) is 14.1. The maximum Gasteiger partial charge on any atom is 0.227 e. The summed E-state index contributed by atoms with van der Waals surface area (Å²) in [7, 11) is 1.64. The molecule has 1 aliphatic carbocycles. The zero-order chi connectivity index (χ0) is 22.2. The Morgan fingerprint density at radius 2 is 2.12 bits per heavy atom. The van der Waals surface area contributed by atoms with Crippen LogP contribution in [0.25, 0.3) is 0 Å². The Balaban J connectivity index is 1.52. The van der Waals surface area contributed by atoms with E-state index in [0.717, 1.165) is 45.7 Å². The van der Waals surface area contributed by atoms with E-state index in [1.54, 1.807) is 18.9 Å². The van der Waals surface area contributed by atoms with Gasteiger partial charge in [-0.05, 0) is 59.0 Å². The van der Waals surface area contributed by atoms with Crippen molar-refractivity contribution in [3.05, 3.63) is 74.9 Å². The van der Waals surface area contributed by atoms with Crippen LogP contribution in [0.5, 0.6) is 5.75 Å². The largest absolute Gasteiger partial charge is 0.496 e. The van der Waals surface area contributed by atoms with Crippen molar-refractivity contribution < 1.29 is 9.53 Å². The molecule has 1 N–H and O–H groups in total. The molecular formula is C24H23BrN4O2S. The molecule has 2 aliphatic rings. The molecule has 0 amide bonds. The number of halogens is 1. The van der Waals surface area contributed by atoms with Crippen molar-refractivity contribution in [1.29, 1.82) is 0 Å². The van der Waals surface area contributed by atoms with Crippen LogP contribution >= 0.6 is 27.7 Å². The van der Waals surface area contributed by atoms with Gasteiger partial charge < -0.3 is 10.1 Å². The van der Waals surface area contributed by atoms with Crippen LogP contribution in [0.3, 0.4) is 0 Å². The zero-order valence-corrected chi connectivity index (χ0v) is 20.3. The van der Waals surface area contributed by atoms with Crippen molar-refractivity contribution in [2.75, 3.05) is 12.4 Å². The normalized spacial score (nSPS) is 17.6. The van der Waals surface area contributed by atoms with E-state index in [1.807, 2.05) is 22.9 Å². The fourth-order valence-corrected chi connectivity index (χ4v) is 5.64. The molecule has 0 saturated carbocycles. The lowest BCUT2D eigenvalue weighted by Crippen LogP contribution is -2.31. The molecule has 2 aromatic carbocycles. The quantitative estimate of drug-likeness (QED) is 0.445. The lowest BCUT2D eigenvalue weighted by molar-refractivity contribution is -0.116. The third kappa shape index (κ3) is 3.97. The number of benzene rings is 2. The van der Waals surface area contributed by atoms with Gasteiger partial charge in [0.05, 0.1) is 11.6 Å². The third-order valence-corrected chi connectivity index (χ3v) is 7.32. The maximum atomic E-state index is 13.0. The monoisotopic (exact) mass is 510 g/mol. The van der Waals surface area contributed by atoms with E-state index in [9.17, 15) is 4.79 Å². The first-order valence-corrected chi connectivity index (χ1v) is 12.3. The van der Waals surface area contributed by atoms with Crippen LogP contribution in [0, 0.1) is 6.92 Å². The predicted octanol–water partition coefficient (Wildman–Crippen LogP) is 5.67. The Labute approximate surface area is 199 Å². The molecule has 0 saturated heterocycles. The number of hydrogen-bond acceptors (Lipinski definition) is 6. The summed E-state index contributed by atoms with van der Waals surface area (Å²) in [5, 5.41) is 8.90. The highest BCUT2D eigenvalue weighted by molar-refractivity contribution is 9.10. The smallest absolute Gasteiger partial charge is 0.227 e. The number of aromatic nitrogens is 3. The number of hydrogen-bond donors (Lipinski definition) is 1. The second-order valence-electron chi connectivity index (χ2n) is 8.03. The minimum atomic E-state index is -0.308. The number of carbonyl (C=O) groups excluding carboxylic acids is 1. The zero-order valence-electron chi connectivity index (χ0n) is 17.9. The number of allylic oxidation sites excluding steroid dienone is 2. The number of fused-ring (bicyclic) bond motifs is 1. The molecule has 5 rings (SSSR count). The Bertz CT molecular complexity index is 1240. The van der Waals surface area contributed by atoms with Crippen molar-refractivity contribution in [3.8, 4) is 5.75 Å². The molecule has 32 heavy (non-hydrogen) atoms. The number of thioether (sulfide) groups is 1. The molecule has 1 aromatic heterocycles. The number of anilines is 1. The molecule has 0 fully saturated rings. The van der Waals surface area contributed by atoms with Gasteiger partial charge in [-0.2, -0.15) is 4.98 Å². The SMILES string of the molecule is COc1ccc([C@H]2C3=C(CCCC3=O)Nc3nc(SCc4cccc(C)c4)nn32)cc1Br. The van der Waals surface area contributed by atoms with Crippen molar-refractivity contribution in [2.24, 2.45) is 0 Å². The average Bonchev–Trinajstić information content (AvgIpc) is 3.19. The van der Waals surface area contributed by atoms with Crippen LogP contribution < -0.4 is 10.1 Å². The standard InChI is InChI=1S/C24H23BrN4O2S/c1-14-5-3-6-15(11-14)13-32-24-27-23-26-18-7-4-8-19(30)21(18)22(29(23)28-24)16-9-10-20(31-2)17(25)12-16/h3,5-6,9-12,22H,4,7-8,13H2,1-2H3,(H,26,27,28)/t22-/m0/s1. The molecule has 1 atom stereocenters. The summed E-state index contributed by atoms with van der Waals surface area (Å²) in [5.74, 6) is 2.39. The second-order valence-corrected chi connectivity index (χ2v) is 9.83. The van der Waals surface area contributed by atoms with Gasteiger partial charge in [-0.3, -0.25) is 4.79 Å². The number of aryl methyl sites for hydroxylation is 1. The molecule has 0 bridgehead atoms. The van der Waals surface area contributed by atoms with Crippen molar-refractivity contribution in [2.45, 2.75) is 43.1 Å². The van der Waals surface area contributed by atoms with E-state index in [-0.39, 0.29) is 11.8 Å². The summed E-state index contributed by atoms with van der Waals surface area (Å²) in [5.41, 5.74) is 5.21. The molecule has 0 spiro atoms. The lowest BCUT2D eigenvalue weighted by Gasteiger charge is -2.32. The summed E-state index contributed by atoms with van der Waals surface area (Å²) in [6.07, 6.45) is 2.26. The minimum absolute atomic E-state index is 0.172. The topological polar surface area (TPSA) is 69.0 Å². The van der Waals surface area contributed by atoms with Crippen molar-refractivity contribution >= 4 is 39.4 Å². The number of Topliss-reactive ketones (excluding diaryl/α,β-unsaturated/α-hetero) is 1. The second kappa shape index (κ2) is 8.75. The lowest BCUT2D eigenvalue weighted by atomic mass is 9.85. The molecule has 2 heterocycles. The summed E-state index contributed by atoms with van der Waals surface area (Å²) >= 11 is 5.19. The van der Waals surface area contributed by atoms with Crippen LogP contribution in [0.1, 0.15) is 42.0 Å². The molecule has 164 valence electrons. The molecular weight excluding hydrogens is 488 g/mol. The fourth-order valence-electron chi connectivity index (χ4n) is 4.31. The number of methoxy groups -OCH3 is 1. The summed E-state index contributed by atoms with van der Waals surface area (Å²) in [6.45, 7) is 2.09. The predicted molar refractivity (Wildman–Crippen MR) is 129 cm³/mol. The van der Waals surface area contributed by atoms with Gasteiger partial charge in [-0.25, -0.2) is 4.68 Å². The van der Waals surface area contributed by atoms with Gasteiger partial charge in [0, 0.05) is 23.4 Å². The van der Waals surface area contributed by atoms with Crippen LogP contribution in [0.15, 0.2) is 63.4 Å². The number of carbonyl (C=O) groups is 1. The Kier molecular flexibility index (Phi) is 5.82. The first kappa shape index (κ1) is 21.3. The van der Waals surface area contributed by atoms with Crippen LogP contribution in [-0.2, 0) is 10.5 Å². The van der Waals surface area contributed by atoms with Gasteiger partial charge in [0.2, 0.25) is 11.1 Å². The van der Waals surface area contributed by atoms with E-state index in [2.05, 4.69) is 52.4 Å². The number of ether oxygens (including phenoxy) is 1. The maximum absolute atomic E-state index is 13.0. The highest BCUT2D eigenvalue weighted by atomic mass is 79.9. The van der Waals surface area contributed by atoms with Crippen LogP contribution in [0.2, 0.25) is 0 Å². The number of ketones is 1. The minimum Gasteiger partial charge on any atom is -0.496 e. The first-order valence-electron chi connectivity index (χ1n) is 10.5. The van der Waals surface area contributed by atoms with E-state index in [4.69, 9.17) is 14.8 Å². The molecule has 1 aliphatic heterocycles. The highest BCUT2D eigenvalue weighted by Gasteiger charge is 2.37. The fraction of sp³-hybridized carbons (Fsp3) is 0.292. The van der Waals surface area contributed by atoms with Gasteiger partial charge in [-0.1, -0.05) is 47.7 Å². The third-order valence-electron chi connectivity index (χ3n) is 5.79. The van der Waals surface area contributed by atoms with Gasteiger partial charge >= 0.3 is 0 Å². The van der Waals surface area contributed by atoms with Gasteiger partial charge in [0.25, 0.3) is 0 Å². The molecule has 6 nitrogen and oxygen atoms in total. The van der Waals surface area contributed by atoms with Crippen molar-refractivity contribution in [1.82, 2.24) is 14.8 Å². The first-order chi connectivity index (χ1) is 15.5. The highest BCUT2D eigenvalue weighted by Crippen LogP contribution is 2.42.